The second-order valence-electron chi connectivity index (χ2n) is 10.3. The standard InChI is InChI=1S/C28H37FN3OP/c1-8-22-11-12-24-25(15-22)31(19-30-24)18-28(6)13-9-10-23(16-28)17-32(21(3)33)26(34-7)14-20(2)27(4,5)29/h1,11-12,14-15,19,23,33-34H,2-3,9-10,13,16-18H2,4-7H3/b26-14-. The molecule has 3 unspecified atom stereocenters. The van der Waals surface area contributed by atoms with Gasteiger partial charge in [-0.15, -0.1) is 6.42 Å². The predicted octanol–water partition coefficient (Wildman–Crippen LogP) is 7.00. The normalized spacial score (nSPS) is 21.6. The lowest BCUT2D eigenvalue weighted by Crippen LogP contribution is -2.35. The van der Waals surface area contributed by atoms with Crippen LogP contribution in [0.15, 0.2) is 60.7 Å². The number of hydrogen-bond donors (Lipinski definition) is 1. The summed E-state index contributed by atoms with van der Waals surface area (Å²) in [5.41, 5.74) is 2.71. The summed E-state index contributed by atoms with van der Waals surface area (Å²) in [6, 6.07) is 5.93. The van der Waals surface area contributed by atoms with Gasteiger partial charge in [0.2, 0.25) is 0 Å². The molecule has 0 amide bonds. The Morgan fingerprint density at radius 3 is 2.82 bits per heavy atom. The van der Waals surface area contributed by atoms with Crippen LogP contribution in [0.2, 0.25) is 0 Å². The van der Waals surface area contributed by atoms with Crippen LogP contribution >= 0.6 is 8.58 Å². The first-order valence-electron chi connectivity index (χ1n) is 11.8. The number of aromatic nitrogens is 2. The van der Waals surface area contributed by atoms with E-state index in [1.807, 2.05) is 36.1 Å². The lowest BCUT2D eigenvalue weighted by Gasteiger charge is -2.41. The molecule has 0 bridgehead atoms. The van der Waals surface area contributed by atoms with E-state index >= 15 is 0 Å². The van der Waals surface area contributed by atoms with Gasteiger partial charge in [0.15, 0.2) is 5.88 Å². The first-order valence-corrected chi connectivity index (χ1v) is 13.3. The van der Waals surface area contributed by atoms with Gasteiger partial charge < -0.3 is 14.6 Å². The Labute approximate surface area is 205 Å². The summed E-state index contributed by atoms with van der Waals surface area (Å²) in [6.45, 7) is 16.6. The molecule has 34 heavy (non-hydrogen) atoms. The van der Waals surface area contributed by atoms with E-state index in [0.717, 1.165) is 54.3 Å². The second kappa shape index (κ2) is 10.4. The third kappa shape index (κ3) is 6.10. The molecule has 1 aromatic heterocycles. The fourth-order valence-corrected chi connectivity index (χ4v) is 5.73. The Kier molecular flexibility index (Phi) is 7.94. The number of alkyl halides is 1. The maximum atomic E-state index is 14.4. The van der Waals surface area contributed by atoms with Crippen molar-refractivity contribution >= 4 is 19.6 Å². The maximum Gasteiger partial charge on any atom is 0.183 e. The minimum atomic E-state index is -1.51. The monoisotopic (exact) mass is 481 g/mol. The van der Waals surface area contributed by atoms with E-state index in [2.05, 4.69) is 35.6 Å². The molecule has 0 saturated heterocycles. The lowest BCUT2D eigenvalue weighted by atomic mass is 9.70. The number of allylic oxidation sites excluding steroid dienone is 2. The molecule has 4 nitrogen and oxygen atoms in total. The average Bonchev–Trinajstić information content (AvgIpc) is 3.16. The van der Waals surface area contributed by atoms with Gasteiger partial charge in [-0.1, -0.05) is 34.4 Å². The number of imidazole rings is 1. The fourth-order valence-electron chi connectivity index (χ4n) is 4.92. The van der Waals surface area contributed by atoms with Crippen LogP contribution < -0.4 is 0 Å². The highest BCUT2D eigenvalue weighted by Gasteiger charge is 2.34. The molecule has 182 valence electrons. The smallest absolute Gasteiger partial charge is 0.183 e. The highest BCUT2D eigenvalue weighted by molar-refractivity contribution is 7.42. The fraction of sp³-hybridized carbons (Fsp3) is 0.464. The van der Waals surface area contributed by atoms with Crippen molar-refractivity contribution in [2.45, 2.75) is 58.7 Å². The quantitative estimate of drug-likeness (QED) is 0.181. The largest absolute Gasteiger partial charge is 0.495 e. The van der Waals surface area contributed by atoms with E-state index in [9.17, 15) is 9.50 Å². The molecule has 3 rings (SSSR count). The van der Waals surface area contributed by atoms with Crippen LogP contribution in [0.25, 0.3) is 11.0 Å². The molecule has 0 radical (unpaired) electrons. The minimum Gasteiger partial charge on any atom is -0.495 e. The average molecular weight is 482 g/mol. The molecule has 6 heteroatoms. The van der Waals surface area contributed by atoms with E-state index < -0.39 is 5.67 Å². The third-order valence-corrected chi connectivity index (χ3v) is 7.81. The van der Waals surface area contributed by atoms with Crippen LogP contribution in [0.5, 0.6) is 0 Å². The first kappa shape index (κ1) is 26.0. The van der Waals surface area contributed by atoms with Gasteiger partial charge in [0, 0.05) is 24.1 Å². The van der Waals surface area contributed by atoms with Crippen molar-refractivity contribution in [2.75, 3.05) is 13.2 Å². The summed E-state index contributed by atoms with van der Waals surface area (Å²) in [4.78, 5) is 6.40. The molecule has 1 heterocycles. The van der Waals surface area contributed by atoms with Crippen LogP contribution in [-0.2, 0) is 6.54 Å². The SMILES string of the molecule is C#Cc1ccc2ncn(CC3(C)CCCC(CN(C(=C)O)/C(=C/C(=C)C(C)(C)F)PC)C3)c2c1. The zero-order valence-corrected chi connectivity index (χ0v) is 21.9. The molecule has 1 saturated carbocycles. The van der Waals surface area contributed by atoms with Crippen molar-refractivity contribution in [1.29, 1.82) is 0 Å². The third-order valence-electron chi connectivity index (χ3n) is 6.89. The van der Waals surface area contributed by atoms with Crippen molar-refractivity contribution in [3.05, 3.63) is 66.2 Å². The summed E-state index contributed by atoms with van der Waals surface area (Å²) in [5, 5.41) is 10.4. The van der Waals surface area contributed by atoms with E-state index in [0.29, 0.717) is 26.6 Å². The van der Waals surface area contributed by atoms with Gasteiger partial charge in [-0.05, 0) is 87.5 Å². The lowest BCUT2D eigenvalue weighted by molar-refractivity contribution is 0.111. The van der Waals surface area contributed by atoms with Gasteiger partial charge in [-0.2, -0.15) is 0 Å². The van der Waals surface area contributed by atoms with Crippen LogP contribution in [0.4, 0.5) is 4.39 Å². The van der Waals surface area contributed by atoms with Crippen molar-refractivity contribution < 1.29 is 9.50 Å². The minimum absolute atomic E-state index is 0.000224. The summed E-state index contributed by atoms with van der Waals surface area (Å²) in [5.74, 6) is 3.09. The Morgan fingerprint density at radius 2 is 2.21 bits per heavy atom. The number of aliphatic hydroxyl groups excluding tert-OH is 1. The molecule has 3 atom stereocenters. The molecular weight excluding hydrogens is 444 g/mol. The number of rotatable bonds is 9. The molecule has 2 aromatic rings. The first-order chi connectivity index (χ1) is 16.0. The van der Waals surface area contributed by atoms with Crippen LogP contribution in [0.3, 0.4) is 0 Å². The molecule has 1 aliphatic rings. The number of hydrogen-bond acceptors (Lipinski definition) is 3. The molecule has 0 spiro atoms. The second-order valence-corrected chi connectivity index (χ2v) is 11.3. The van der Waals surface area contributed by atoms with Gasteiger partial charge in [0.05, 0.1) is 17.4 Å². The van der Waals surface area contributed by atoms with E-state index in [1.54, 1.807) is 6.08 Å². The van der Waals surface area contributed by atoms with Crippen LogP contribution in [0.1, 0.15) is 52.0 Å². The van der Waals surface area contributed by atoms with Gasteiger partial charge in [-0.3, -0.25) is 0 Å². The highest BCUT2D eigenvalue weighted by Crippen LogP contribution is 2.42. The van der Waals surface area contributed by atoms with Crippen LogP contribution in [0, 0.1) is 23.7 Å². The Bertz CT molecular complexity index is 1140. The summed E-state index contributed by atoms with van der Waals surface area (Å²) in [7, 11) is 0.381. The number of fused-ring (bicyclic) bond motifs is 1. The van der Waals surface area contributed by atoms with Crippen molar-refractivity contribution in [1.82, 2.24) is 14.5 Å². The van der Waals surface area contributed by atoms with Gasteiger partial charge in [-0.25, -0.2) is 9.37 Å². The Balaban J connectivity index is 1.79. The molecule has 1 fully saturated rings. The molecular formula is C28H37FN3OP. The summed E-state index contributed by atoms with van der Waals surface area (Å²) >= 11 is 0. The highest BCUT2D eigenvalue weighted by atomic mass is 31.1. The Hall–Kier alpha value is -2.57. The van der Waals surface area contributed by atoms with Gasteiger partial charge >= 0.3 is 0 Å². The van der Waals surface area contributed by atoms with Crippen LogP contribution in [-0.4, -0.2) is 38.4 Å². The number of terminal acetylenes is 1. The molecule has 0 aliphatic heterocycles. The van der Waals surface area contributed by atoms with Gasteiger partial charge in [0.25, 0.3) is 0 Å². The van der Waals surface area contributed by atoms with E-state index in [1.165, 1.54) is 13.8 Å². The zero-order chi connectivity index (χ0) is 25.1. The molecule has 1 aliphatic carbocycles. The number of halogens is 1. The summed E-state index contributed by atoms with van der Waals surface area (Å²) < 4.78 is 16.6. The van der Waals surface area contributed by atoms with E-state index in [4.69, 9.17) is 6.42 Å². The molecule has 1 aromatic carbocycles. The number of aliphatic hydroxyl groups is 1. The zero-order valence-electron chi connectivity index (χ0n) is 20.9. The predicted molar refractivity (Wildman–Crippen MR) is 143 cm³/mol. The summed E-state index contributed by atoms with van der Waals surface area (Å²) in [6.07, 6.45) is 13.6. The Morgan fingerprint density at radius 1 is 1.47 bits per heavy atom. The van der Waals surface area contributed by atoms with E-state index in [-0.39, 0.29) is 11.3 Å². The van der Waals surface area contributed by atoms with Crippen molar-refractivity contribution in [2.24, 2.45) is 11.3 Å². The van der Waals surface area contributed by atoms with Crippen molar-refractivity contribution in [3.63, 3.8) is 0 Å². The van der Waals surface area contributed by atoms with Gasteiger partial charge in [0.1, 0.15) is 5.67 Å². The number of benzene rings is 1. The van der Waals surface area contributed by atoms with Crippen molar-refractivity contribution in [3.8, 4) is 12.3 Å². The molecule has 1 N–H and O–H groups in total. The number of nitrogens with zero attached hydrogens (tertiary/aromatic N) is 3. The topological polar surface area (TPSA) is 41.3 Å². The maximum absolute atomic E-state index is 14.4.